The number of carbonyl (C=O) groups excluding carboxylic acids is 1. The number of halogens is 1. The van der Waals surface area contributed by atoms with Gasteiger partial charge in [-0.05, 0) is 52.3 Å². The van der Waals surface area contributed by atoms with E-state index < -0.39 is 0 Å². The number of urea groups is 1. The van der Waals surface area contributed by atoms with Gasteiger partial charge in [-0.3, -0.25) is 4.90 Å². The number of carbonyl (C=O) groups is 1. The van der Waals surface area contributed by atoms with E-state index >= 15 is 0 Å². The molecule has 0 atom stereocenters. The van der Waals surface area contributed by atoms with Gasteiger partial charge in [-0.2, -0.15) is 10.1 Å². The Morgan fingerprint density at radius 1 is 0.889 bits per heavy atom. The predicted octanol–water partition coefficient (Wildman–Crippen LogP) is 5.01. The Hall–Kier alpha value is -3.12. The molecule has 5 nitrogen and oxygen atoms in total. The average Bonchev–Trinajstić information content (AvgIpc) is 2.70. The largest absolute Gasteiger partial charge is 0.507 e. The van der Waals surface area contributed by atoms with Gasteiger partial charge in [0.2, 0.25) is 0 Å². The number of para-hydroxylation sites is 3. The van der Waals surface area contributed by atoms with Gasteiger partial charge in [0.05, 0.1) is 17.9 Å². The standard InChI is InChI=1S/C21H16BrN3O2/c22-17-11-5-6-12-19(17)25-21(27)24(15-8-2-1-3-9-15)14-18(23-25)16-10-4-7-13-20(16)26/h1-13,26H,14H2. The van der Waals surface area contributed by atoms with Crippen LogP contribution in [0, 0.1) is 0 Å². The Labute approximate surface area is 165 Å². The molecule has 0 radical (unpaired) electrons. The van der Waals surface area contributed by atoms with Gasteiger partial charge in [-0.25, -0.2) is 4.79 Å². The summed E-state index contributed by atoms with van der Waals surface area (Å²) >= 11 is 3.50. The summed E-state index contributed by atoms with van der Waals surface area (Å²) in [5.74, 6) is 0.130. The number of hydrogen-bond donors (Lipinski definition) is 1. The van der Waals surface area contributed by atoms with Crippen molar-refractivity contribution in [2.75, 3.05) is 16.5 Å². The molecule has 1 N–H and O–H groups in total. The second kappa shape index (κ2) is 7.25. The fourth-order valence-corrected chi connectivity index (χ4v) is 3.43. The molecule has 3 aromatic carbocycles. The molecule has 2 amide bonds. The lowest BCUT2D eigenvalue weighted by molar-refractivity contribution is 0.251. The molecular formula is C21H16BrN3O2. The normalized spacial score (nSPS) is 14.3. The molecule has 0 aromatic heterocycles. The third-order valence-corrected chi connectivity index (χ3v) is 4.97. The first kappa shape index (κ1) is 17.3. The second-order valence-corrected chi connectivity index (χ2v) is 6.89. The van der Waals surface area contributed by atoms with Crippen LogP contribution in [0.25, 0.3) is 0 Å². The minimum absolute atomic E-state index is 0.130. The predicted molar refractivity (Wildman–Crippen MR) is 110 cm³/mol. The Bertz CT molecular complexity index is 1020. The summed E-state index contributed by atoms with van der Waals surface area (Å²) in [6.07, 6.45) is 0. The van der Waals surface area contributed by atoms with Crippen molar-refractivity contribution in [1.29, 1.82) is 0 Å². The van der Waals surface area contributed by atoms with E-state index in [2.05, 4.69) is 21.0 Å². The fraction of sp³-hybridized carbons (Fsp3) is 0.0476. The zero-order valence-corrected chi connectivity index (χ0v) is 15.9. The van der Waals surface area contributed by atoms with E-state index in [9.17, 15) is 9.90 Å². The molecule has 0 saturated carbocycles. The van der Waals surface area contributed by atoms with E-state index in [1.165, 1.54) is 5.01 Å². The van der Waals surface area contributed by atoms with Crippen molar-refractivity contribution >= 4 is 39.0 Å². The van der Waals surface area contributed by atoms with Gasteiger partial charge < -0.3 is 5.11 Å². The van der Waals surface area contributed by atoms with Gasteiger partial charge in [-0.15, -0.1) is 0 Å². The fourth-order valence-electron chi connectivity index (χ4n) is 2.97. The van der Waals surface area contributed by atoms with Crippen LogP contribution in [0.15, 0.2) is 88.4 Å². The van der Waals surface area contributed by atoms with Gasteiger partial charge in [-0.1, -0.05) is 42.5 Å². The third kappa shape index (κ3) is 3.31. The highest BCUT2D eigenvalue weighted by Crippen LogP contribution is 2.31. The molecule has 0 fully saturated rings. The van der Waals surface area contributed by atoms with E-state index in [0.29, 0.717) is 17.0 Å². The summed E-state index contributed by atoms with van der Waals surface area (Å²) in [5, 5.41) is 16.2. The first-order valence-corrected chi connectivity index (χ1v) is 9.21. The maximum atomic E-state index is 13.2. The van der Waals surface area contributed by atoms with Crippen LogP contribution in [0.5, 0.6) is 5.75 Å². The summed E-state index contributed by atoms with van der Waals surface area (Å²) in [4.78, 5) is 14.8. The van der Waals surface area contributed by atoms with Crippen molar-refractivity contribution in [3.05, 3.63) is 88.9 Å². The lowest BCUT2D eigenvalue weighted by Gasteiger charge is -2.33. The number of amides is 2. The number of phenolic OH excluding ortho intramolecular Hbond substituents is 1. The van der Waals surface area contributed by atoms with Crippen LogP contribution < -0.4 is 9.91 Å². The first-order valence-electron chi connectivity index (χ1n) is 8.42. The maximum absolute atomic E-state index is 13.2. The lowest BCUT2D eigenvalue weighted by Crippen LogP contribution is -2.49. The van der Waals surface area contributed by atoms with Crippen molar-refractivity contribution in [1.82, 2.24) is 0 Å². The number of hydrazone groups is 1. The third-order valence-electron chi connectivity index (χ3n) is 4.30. The summed E-state index contributed by atoms with van der Waals surface area (Å²) in [7, 11) is 0. The van der Waals surface area contributed by atoms with Crippen LogP contribution in [-0.4, -0.2) is 23.4 Å². The number of rotatable bonds is 3. The summed E-state index contributed by atoms with van der Waals surface area (Å²) < 4.78 is 0.758. The number of phenols is 1. The minimum Gasteiger partial charge on any atom is -0.507 e. The van der Waals surface area contributed by atoms with E-state index in [-0.39, 0.29) is 18.3 Å². The molecular weight excluding hydrogens is 406 g/mol. The topological polar surface area (TPSA) is 56.1 Å². The zero-order chi connectivity index (χ0) is 18.8. The molecule has 0 spiro atoms. The molecule has 27 heavy (non-hydrogen) atoms. The Morgan fingerprint density at radius 2 is 1.56 bits per heavy atom. The van der Waals surface area contributed by atoms with Crippen LogP contribution in [0.4, 0.5) is 16.2 Å². The van der Waals surface area contributed by atoms with Crippen molar-refractivity contribution in [3.8, 4) is 5.75 Å². The lowest BCUT2D eigenvalue weighted by atomic mass is 10.1. The monoisotopic (exact) mass is 421 g/mol. The molecule has 1 aliphatic rings. The van der Waals surface area contributed by atoms with E-state index in [4.69, 9.17) is 0 Å². The van der Waals surface area contributed by atoms with Crippen LogP contribution in [0.1, 0.15) is 5.56 Å². The Balaban J connectivity index is 1.86. The molecule has 1 heterocycles. The van der Waals surface area contributed by atoms with Gasteiger partial charge in [0.1, 0.15) is 5.75 Å². The zero-order valence-electron chi connectivity index (χ0n) is 14.3. The highest BCUT2D eigenvalue weighted by Gasteiger charge is 2.32. The van der Waals surface area contributed by atoms with Crippen LogP contribution in [0.3, 0.4) is 0 Å². The molecule has 0 saturated heterocycles. The molecule has 0 unspecified atom stereocenters. The van der Waals surface area contributed by atoms with Gasteiger partial charge in [0.25, 0.3) is 0 Å². The smallest absolute Gasteiger partial charge is 0.350 e. The van der Waals surface area contributed by atoms with Gasteiger partial charge in [0, 0.05) is 15.7 Å². The van der Waals surface area contributed by atoms with E-state index in [1.54, 1.807) is 23.1 Å². The van der Waals surface area contributed by atoms with Crippen molar-refractivity contribution in [3.63, 3.8) is 0 Å². The van der Waals surface area contributed by atoms with Crippen molar-refractivity contribution in [2.45, 2.75) is 0 Å². The van der Waals surface area contributed by atoms with Crippen LogP contribution in [0.2, 0.25) is 0 Å². The minimum atomic E-state index is -0.257. The van der Waals surface area contributed by atoms with E-state index in [0.717, 1.165) is 10.2 Å². The van der Waals surface area contributed by atoms with Crippen molar-refractivity contribution in [2.24, 2.45) is 5.10 Å². The Morgan fingerprint density at radius 3 is 2.30 bits per heavy atom. The summed E-state index contributed by atoms with van der Waals surface area (Å²) in [5.41, 5.74) is 2.61. The molecule has 6 heteroatoms. The molecule has 3 aromatic rings. The number of benzene rings is 3. The van der Waals surface area contributed by atoms with Gasteiger partial charge in [0.15, 0.2) is 0 Å². The van der Waals surface area contributed by atoms with Gasteiger partial charge >= 0.3 is 6.03 Å². The first-order chi connectivity index (χ1) is 13.1. The SMILES string of the molecule is O=C1N(c2ccccc2)CC(c2ccccc2O)=NN1c1ccccc1Br. The average molecular weight is 422 g/mol. The molecule has 1 aliphatic heterocycles. The quantitative estimate of drug-likeness (QED) is 0.646. The Kier molecular flexibility index (Phi) is 4.64. The molecule has 0 aliphatic carbocycles. The molecule has 4 rings (SSSR count). The molecule has 134 valence electrons. The number of anilines is 2. The van der Waals surface area contributed by atoms with Crippen molar-refractivity contribution < 1.29 is 9.90 Å². The number of hydrogen-bond acceptors (Lipinski definition) is 3. The van der Waals surface area contributed by atoms with Crippen LogP contribution in [-0.2, 0) is 0 Å². The highest BCUT2D eigenvalue weighted by atomic mass is 79.9. The van der Waals surface area contributed by atoms with E-state index in [1.807, 2.05) is 60.7 Å². The van der Waals surface area contributed by atoms with Crippen LogP contribution >= 0.6 is 15.9 Å². The maximum Gasteiger partial charge on any atom is 0.350 e. The molecule has 0 bridgehead atoms. The summed E-state index contributed by atoms with van der Waals surface area (Å²) in [6.45, 7) is 0.265. The second-order valence-electron chi connectivity index (χ2n) is 6.03. The highest BCUT2D eigenvalue weighted by molar-refractivity contribution is 9.10. The summed E-state index contributed by atoms with van der Waals surface area (Å²) in [6, 6.07) is 23.6. The number of nitrogens with zero attached hydrogens (tertiary/aromatic N) is 3. The number of aromatic hydroxyl groups is 1.